The molecule has 2 aromatic rings. The average molecular weight is 320 g/mol. The van der Waals surface area contributed by atoms with Crippen LogP contribution in [-0.4, -0.2) is 11.1 Å². The molecule has 2 rings (SSSR count). The molecule has 2 aromatic carbocycles. The number of benzene rings is 2. The molecule has 0 unspecified atom stereocenters. The van der Waals surface area contributed by atoms with Crippen LogP contribution in [0, 0.1) is 34.9 Å². The first-order valence-electron chi connectivity index (χ1n) is 5.76. The van der Waals surface area contributed by atoms with Gasteiger partial charge in [0.1, 0.15) is 5.82 Å². The molecule has 0 aliphatic carbocycles. The minimum absolute atomic E-state index is 0.682. The lowest BCUT2D eigenvalue weighted by Gasteiger charge is -2.12. The zero-order valence-electron chi connectivity index (χ0n) is 10.6. The highest BCUT2D eigenvalue weighted by Crippen LogP contribution is 2.34. The Kier molecular flexibility index (Phi) is 4.11. The van der Waals surface area contributed by atoms with E-state index >= 15 is 0 Å². The molecule has 0 aromatic heterocycles. The first-order chi connectivity index (χ1) is 10.3. The van der Waals surface area contributed by atoms with Gasteiger partial charge in [0.2, 0.25) is 5.82 Å². The fraction of sp³-hybridized carbons (Fsp3) is 0.0714. The minimum atomic E-state index is -2.35. The van der Waals surface area contributed by atoms with E-state index < -0.39 is 64.0 Å². The average Bonchev–Trinajstić information content (AvgIpc) is 2.46. The fourth-order valence-electron chi connectivity index (χ4n) is 1.97. The van der Waals surface area contributed by atoms with Crippen molar-refractivity contribution in [1.29, 1.82) is 0 Å². The Balaban J connectivity index is 2.84. The second-order valence-corrected chi connectivity index (χ2v) is 4.28. The Hall–Kier alpha value is -2.51. The lowest BCUT2D eigenvalue weighted by atomic mass is 9.95. The van der Waals surface area contributed by atoms with Crippen LogP contribution in [0.2, 0.25) is 0 Å². The van der Waals surface area contributed by atoms with E-state index in [2.05, 4.69) is 0 Å². The van der Waals surface area contributed by atoms with Crippen LogP contribution in [0.5, 0.6) is 0 Å². The third-order valence-corrected chi connectivity index (χ3v) is 2.93. The minimum Gasteiger partial charge on any atom is -0.481 e. The van der Waals surface area contributed by atoms with Gasteiger partial charge in [-0.3, -0.25) is 4.79 Å². The van der Waals surface area contributed by atoms with E-state index in [9.17, 15) is 31.1 Å². The molecule has 0 aliphatic rings. The smallest absolute Gasteiger partial charge is 0.307 e. The van der Waals surface area contributed by atoms with Gasteiger partial charge in [0.05, 0.1) is 12.0 Å². The molecule has 0 radical (unpaired) electrons. The SMILES string of the molecule is O=C(O)Cc1c(F)cccc1-c1c(F)c(F)c(F)c(F)c1F. The van der Waals surface area contributed by atoms with Crippen LogP contribution in [0.4, 0.5) is 26.3 Å². The fourth-order valence-corrected chi connectivity index (χ4v) is 1.97. The van der Waals surface area contributed by atoms with Crippen LogP contribution in [0.3, 0.4) is 0 Å². The van der Waals surface area contributed by atoms with Crippen molar-refractivity contribution in [2.24, 2.45) is 0 Å². The van der Waals surface area contributed by atoms with Gasteiger partial charge in [-0.25, -0.2) is 26.3 Å². The van der Waals surface area contributed by atoms with Crippen molar-refractivity contribution in [1.82, 2.24) is 0 Å². The number of rotatable bonds is 3. The molecule has 1 N–H and O–H groups in total. The van der Waals surface area contributed by atoms with E-state index in [1.54, 1.807) is 0 Å². The van der Waals surface area contributed by atoms with Crippen LogP contribution < -0.4 is 0 Å². The van der Waals surface area contributed by atoms with Crippen molar-refractivity contribution in [2.45, 2.75) is 6.42 Å². The second-order valence-electron chi connectivity index (χ2n) is 4.28. The first kappa shape index (κ1) is 15.9. The molecule has 0 amide bonds. The summed E-state index contributed by atoms with van der Waals surface area (Å²) in [5, 5.41) is 8.69. The van der Waals surface area contributed by atoms with Crippen LogP contribution in [0.25, 0.3) is 11.1 Å². The predicted molar refractivity (Wildman–Crippen MR) is 63.0 cm³/mol. The third kappa shape index (κ3) is 2.51. The molecule has 22 heavy (non-hydrogen) atoms. The predicted octanol–water partition coefficient (Wildman–Crippen LogP) is 3.82. The van der Waals surface area contributed by atoms with E-state index in [1.165, 1.54) is 0 Å². The molecular weight excluding hydrogens is 314 g/mol. The highest BCUT2D eigenvalue weighted by molar-refractivity contribution is 5.77. The summed E-state index contributed by atoms with van der Waals surface area (Å²) >= 11 is 0. The van der Waals surface area contributed by atoms with E-state index in [-0.39, 0.29) is 0 Å². The lowest BCUT2D eigenvalue weighted by Crippen LogP contribution is -2.09. The number of aliphatic carboxylic acids is 1. The molecule has 0 aliphatic heterocycles. The van der Waals surface area contributed by atoms with Crippen molar-refractivity contribution >= 4 is 5.97 Å². The summed E-state index contributed by atoms with van der Waals surface area (Å²) in [6, 6.07) is 2.65. The molecule has 8 heteroatoms. The Morgan fingerprint density at radius 1 is 0.864 bits per heavy atom. The van der Waals surface area contributed by atoms with Crippen molar-refractivity contribution in [3.63, 3.8) is 0 Å². The van der Waals surface area contributed by atoms with Gasteiger partial charge in [0.25, 0.3) is 0 Å². The van der Waals surface area contributed by atoms with Crippen LogP contribution >= 0.6 is 0 Å². The van der Waals surface area contributed by atoms with E-state index in [0.717, 1.165) is 18.2 Å². The van der Waals surface area contributed by atoms with Gasteiger partial charge in [0.15, 0.2) is 23.3 Å². The largest absolute Gasteiger partial charge is 0.481 e. The molecular formula is C14H6F6O2. The van der Waals surface area contributed by atoms with Crippen molar-refractivity contribution in [2.75, 3.05) is 0 Å². The quantitative estimate of drug-likeness (QED) is 0.530. The number of carbonyl (C=O) groups is 1. The van der Waals surface area contributed by atoms with Gasteiger partial charge in [-0.05, 0) is 11.6 Å². The van der Waals surface area contributed by atoms with E-state index in [4.69, 9.17) is 5.11 Å². The summed E-state index contributed by atoms with van der Waals surface area (Å²) in [5.41, 5.74) is -2.76. The molecule has 0 saturated heterocycles. The van der Waals surface area contributed by atoms with Crippen LogP contribution in [0.15, 0.2) is 18.2 Å². The molecule has 0 spiro atoms. The van der Waals surface area contributed by atoms with Gasteiger partial charge < -0.3 is 5.11 Å². The summed E-state index contributed by atoms with van der Waals surface area (Å²) in [6.07, 6.45) is -0.985. The molecule has 0 atom stereocenters. The monoisotopic (exact) mass is 320 g/mol. The van der Waals surface area contributed by atoms with Crippen molar-refractivity contribution < 1.29 is 36.2 Å². The molecule has 2 nitrogen and oxygen atoms in total. The highest BCUT2D eigenvalue weighted by atomic mass is 19.2. The molecule has 116 valence electrons. The summed E-state index contributed by atoms with van der Waals surface area (Å²) in [7, 11) is 0. The van der Waals surface area contributed by atoms with E-state index in [0.29, 0.717) is 0 Å². The lowest BCUT2D eigenvalue weighted by molar-refractivity contribution is -0.136. The number of carboxylic acid groups (broad SMARTS) is 1. The first-order valence-corrected chi connectivity index (χ1v) is 5.76. The number of hydrogen-bond acceptors (Lipinski definition) is 1. The number of halogens is 6. The molecule has 0 fully saturated rings. The molecule has 0 bridgehead atoms. The normalized spacial score (nSPS) is 10.8. The summed E-state index contributed by atoms with van der Waals surface area (Å²) < 4.78 is 80.6. The summed E-state index contributed by atoms with van der Waals surface area (Å²) in [5.74, 6) is -13.7. The van der Waals surface area contributed by atoms with Gasteiger partial charge in [-0.15, -0.1) is 0 Å². The van der Waals surface area contributed by atoms with Crippen molar-refractivity contribution in [3.8, 4) is 11.1 Å². The third-order valence-electron chi connectivity index (χ3n) is 2.93. The molecule has 0 heterocycles. The summed E-state index contributed by atoms with van der Waals surface area (Å²) in [6.45, 7) is 0. The number of carboxylic acids is 1. The Morgan fingerprint density at radius 3 is 1.86 bits per heavy atom. The van der Waals surface area contributed by atoms with Gasteiger partial charge in [-0.1, -0.05) is 12.1 Å². The highest BCUT2D eigenvalue weighted by Gasteiger charge is 2.28. The maximum absolute atomic E-state index is 13.7. The van der Waals surface area contributed by atoms with Gasteiger partial charge >= 0.3 is 5.97 Å². The maximum Gasteiger partial charge on any atom is 0.307 e. The summed E-state index contributed by atoms with van der Waals surface area (Å²) in [4.78, 5) is 10.7. The topological polar surface area (TPSA) is 37.3 Å². The second kappa shape index (κ2) is 5.70. The maximum atomic E-state index is 13.7. The Bertz CT molecular complexity index is 743. The van der Waals surface area contributed by atoms with E-state index in [1.807, 2.05) is 0 Å². The van der Waals surface area contributed by atoms with Crippen LogP contribution in [-0.2, 0) is 11.2 Å². The standard InChI is InChI=1S/C14H6F6O2/c15-7-3-1-2-5(6(7)4-8(21)22)9-10(16)12(18)14(20)13(19)11(9)17/h1-3H,4H2,(H,21,22). The van der Waals surface area contributed by atoms with Crippen molar-refractivity contribution in [3.05, 3.63) is 58.7 Å². The Labute approximate surface area is 119 Å². The number of hydrogen-bond donors (Lipinski definition) is 1. The zero-order chi connectivity index (χ0) is 16.6. The molecule has 0 saturated carbocycles. The zero-order valence-corrected chi connectivity index (χ0v) is 10.6. The van der Waals surface area contributed by atoms with Crippen LogP contribution in [0.1, 0.15) is 5.56 Å². The van der Waals surface area contributed by atoms with Gasteiger partial charge in [0, 0.05) is 5.56 Å². The Morgan fingerprint density at radius 2 is 1.36 bits per heavy atom. The van der Waals surface area contributed by atoms with Gasteiger partial charge in [-0.2, -0.15) is 0 Å².